The summed E-state index contributed by atoms with van der Waals surface area (Å²) in [6, 6.07) is 10.6. The third-order valence-electron chi connectivity index (χ3n) is 6.60. The number of carbonyl (C=O) groups excluding carboxylic acids is 1. The Bertz CT molecular complexity index is 909. The molecule has 2 aliphatic heterocycles. The maximum absolute atomic E-state index is 12.7. The first-order chi connectivity index (χ1) is 15.6. The Morgan fingerprint density at radius 3 is 2.81 bits per heavy atom. The Kier molecular flexibility index (Phi) is 8.00. The molecule has 3 heterocycles. The van der Waals surface area contributed by atoms with Crippen molar-refractivity contribution < 1.29 is 9.53 Å². The summed E-state index contributed by atoms with van der Waals surface area (Å²) >= 11 is 6.48. The highest BCUT2D eigenvalue weighted by molar-refractivity contribution is 6.33. The predicted octanol–water partition coefficient (Wildman–Crippen LogP) is 4.96. The monoisotopic (exact) mass is 456 g/mol. The van der Waals surface area contributed by atoms with Crippen LogP contribution >= 0.6 is 11.6 Å². The highest BCUT2D eigenvalue weighted by atomic mass is 35.5. The van der Waals surface area contributed by atoms with Crippen molar-refractivity contribution in [3.8, 4) is 11.1 Å². The number of hydrogen-bond acceptors (Lipinski definition) is 5. The number of nitrogens with one attached hydrogen (secondary N) is 3. The number of ether oxygens (including phenoxy) is 1. The number of aromatic nitrogens is 1. The number of anilines is 2. The van der Waals surface area contributed by atoms with Crippen LogP contribution in [0.1, 0.15) is 39.0 Å². The van der Waals surface area contributed by atoms with Gasteiger partial charge in [0.25, 0.3) is 0 Å². The molecule has 2 atom stereocenters. The largest absolute Gasteiger partial charge is 0.385 e. The number of nitrogens with zero attached hydrogens (tertiary/aromatic N) is 1. The smallest absolute Gasteiger partial charge is 0.229 e. The van der Waals surface area contributed by atoms with Crippen molar-refractivity contribution >= 4 is 29.0 Å². The first kappa shape index (κ1) is 23.0. The number of rotatable bonds is 7. The average molecular weight is 457 g/mol. The minimum Gasteiger partial charge on any atom is -0.385 e. The normalized spacial score (nSPS) is 21.8. The van der Waals surface area contributed by atoms with E-state index < -0.39 is 0 Å². The number of piperidine rings is 1. The van der Waals surface area contributed by atoms with Crippen molar-refractivity contribution in [2.24, 2.45) is 11.8 Å². The molecule has 1 aromatic heterocycles. The molecule has 0 aliphatic carbocycles. The Morgan fingerprint density at radius 1 is 1.22 bits per heavy atom. The highest BCUT2D eigenvalue weighted by Crippen LogP contribution is 2.31. The summed E-state index contributed by atoms with van der Waals surface area (Å²) in [4.78, 5) is 17.1. The molecule has 172 valence electrons. The van der Waals surface area contributed by atoms with Crippen molar-refractivity contribution in [2.45, 2.75) is 45.1 Å². The van der Waals surface area contributed by atoms with Crippen molar-refractivity contribution in [3.05, 3.63) is 41.6 Å². The van der Waals surface area contributed by atoms with Gasteiger partial charge in [0.2, 0.25) is 5.91 Å². The second kappa shape index (κ2) is 11.1. The fraction of sp³-hybridized carbons (Fsp3) is 0.520. The molecule has 2 aromatic rings. The fourth-order valence-electron chi connectivity index (χ4n) is 4.45. The molecular formula is C25H33ClN4O2. The summed E-state index contributed by atoms with van der Waals surface area (Å²) in [6.45, 7) is 5.53. The molecule has 1 amide bonds. The number of carbonyl (C=O) groups is 1. The zero-order chi connectivity index (χ0) is 22.3. The van der Waals surface area contributed by atoms with Gasteiger partial charge in [0.05, 0.1) is 10.9 Å². The van der Waals surface area contributed by atoms with E-state index in [1.54, 1.807) is 6.20 Å². The Labute approximate surface area is 195 Å². The van der Waals surface area contributed by atoms with Crippen molar-refractivity contribution in [1.82, 2.24) is 10.3 Å². The number of amides is 1. The molecule has 32 heavy (non-hydrogen) atoms. The summed E-state index contributed by atoms with van der Waals surface area (Å²) in [5, 5.41) is 10.6. The predicted molar refractivity (Wildman–Crippen MR) is 130 cm³/mol. The van der Waals surface area contributed by atoms with E-state index >= 15 is 0 Å². The summed E-state index contributed by atoms with van der Waals surface area (Å²) in [7, 11) is 0. The highest BCUT2D eigenvalue weighted by Gasteiger charge is 2.25. The van der Waals surface area contributed by atoms with Gasteiger partial charge in [0, 0.05) is 49.8 Å². The van der Waals surface area contributed by atoms with Crippen LogP contribution in [-0.4, -0.2) is 43.2 Å². The van der Waals surface area contributed by atoms with E-state index in [2.05, 4.69) is 40.0 Å². The molecule has 2 aliphatic rings. The van der Waals surface area contributed by atoms with Gasteiger partial charge >= 0.3 is 0 Å². The molecule has 7 heteroatoms. The molecule has 0 bridgehead atoms. The molecular weight excluding hydrogens is 424 g/mol. The second-order valence-corrected chi connectivity index (χ2v) is 9.25. The SMILES string of the molecule is CCC1CCC(C(=O)Nc2cc(-c3cccc(NCC4CCOCC4)c3)c(Cl)cn2)CN1. The minimum atomic E-state index is -0.0311. The van der Waals surface area contributed by atoms with Crippen LogP contribution in [0.4, 0.5) is 11.5 Å². The lowest BCUT2D eigenvalue weighted by Gasteiger charge is -2.28. The Morgan fingerprint density at radius 2 is 2.06 bits per heavy atom. The van der Waals surface area contributed by atoms with Crippen LogP contribution in [0.2, 0.25) is 5.02 Å². The lowest BCUT2D eigenvalue weighted by atomic mass is 9.93. The zero-order valence-electron chi connectivity index (χ0n) is 18.7. The second-order valence-electron chi connectivity index (χ2n) is 8.84. The average Bonchev–Trinajstić information content (AvgIpc) is 2.85. The molecule has 2 unspecified atom stereocenters. The van der Waals surface area contributed by atoms with Gasteiger partial charge in [-0.25, -0.2) is 4.98 Å². The van der Waals surface area contributed by atoms with Crippen LogP contribution in [0.5, 0.6) is 0 Å². The minimum absolute atomic E-state index is 0.0136. The quantitative estimate of drug-likeness (QED) is 0.549. The number of hydrogen-bond donors (Lipinski definition) is 3. The van der Waals surface area contributed by atoms with E-state index in [0.717, 1.165) is 68.7 Å². The first-order valence-electron chi connectivity index (χ1n) is 11.7. The Hall–Kier alpha value is -2.15. The molecule has 2 saturated heterocycles. The molecule has 0 radical (unpaired) electrons. The maximum atomic E-state index is 12.7. The summed E-state index contributed by atoms with van der Waals surface area (Å²) in [5.41, 5.74) is 2.92. The molecule has 4 rings (SSSR count). The van der Waals surface area contributed by atoms with Gasteiger partial charge in [-0.3, -0.25) is 4.79 Å². The van der Waals surface area contributed by atoms with Crippen molar-refractivity contribution in [3.63, 3.8) is 0 Å². The van der Waals surface area contributed by atoms with E-state index in [0.29, 0.717) is 29.3 Å². The fourth-order valence-corrected chi connectivity index (χ4v) is 4.67. The van der Waals surface area contributed by atoms with Gasteiger partial charge < -0.3 is 20.7 Å². The molecule has 0 saturated carbocycles. The Balaban J connectivity index is 1.41. The van der Waals surface area contributed by atoms with E-state index in [1.165, 1.54) is 0 Å². The van der Waals surface area contributed by atoms with Gasteiger partial charge in [-0.1, -0.05) is 30.7 Å². The molecule has 0 spiro atoms. The van der Waals surface area contributed by atoms with Crippen LogP contribution < -0.4 is 16.0 Å². The molecule has 6 nitrogen and oxygen atoms in total. The van der Waals surface area contributed by atoms with Gasteiger partial charge in [0.15, 0.2) is 0 Å². The van der Waals surface area contributed by atoms with Crippen LogP contribution in [0, 0.1) is 11.8 Å². The maximum Gasteiger partial charge on any atom is 0.229 e. The topological polar surface area (TPSA) is 75.3 Å². The summed E-state index contributed by atoms with van der Waals surface area (Å²) in [5.74, 6) is 1.16. The zero-order valence-corrected chi connectivity index (χ0v) is 19.5. The van der Waals surface area contributed by atoms with E-state index in [9.17, 15) is 4.79 Å². The van der Waals surface area contributed by atoms with Gasteiger partial charge in [0.1, 0.15) is 5.82 Å². The first-order valence-corrected chi connectivity index (χ1v) is 12.1. The van der Waals surface area contributed by atoms with Crippen molar-refractivity contribution in [2.75, 3.05) is 36.9 Å². The van der Waals surface area contributed by atoms with Gasteiger partial charge in [-0.05, 0) is 61.8 Å². The number of halogens is 1. The third-order valence-corrected chi connectivity index (χ3v) is 6.90. The van der Waals surface area contributed by atoms with E-state index in [1.807, 2.05) is 18.2 Å². The molecule has 3 N–H and O–H groups in total. The van der Waals surface area contributed by atoms with Crippen LogP contribution in [0.25, 0.3) is 11.1 Å². The summed E-state index contributed by atoms with van der Waals surface area (Å²) < 4.78 is 5.45. The van der Waals surface area contributed by atoms with Gasteiger partial charge in [-0.15, -0.1) is 0 Å². The van der Waals surface area contributed by atoms with Crippen LogP contribution in [0.15, 0.2) is 36.5 Å². The lowest BCUT2D eigenvalue weighted by Crippen LogP contribution is -2.43. The van der Waals surface area contributed by atoms with Gasteiger partial charge in [-0.2, -0.15) is 0 Å². The standard InChI is InChI=1S/C25H33ClN4O2/c1-2-20-7-6-19(15-28-20)25(31)30-24-13-22(23(26)16-29-24)18-4-3-5-21(12-18)27-14-17-8-10-32-11-9-17/h3-5,12-13,16-17,19-20,27-28H,2,6-11,14-15H2,1H3,(H,29,30,31). The summed E-state index contributed by atoms with van der Waals surface area (Å²) in [6.07, 6.45) is 6.84. The van der Waals surface area contributed by atoms with E-state index in [-0.39, 0.29) is 11.8 Å². The molecule has 1 aromatic carbocycles. The van der Waals surface area contributed by atoms with Crippen molar-refractivity contribution in [1.29, 1.82) is 0 Å². The third kappa shape index (κ3) is 6.00. The number of pyridine rings is 1. The van der Waals surface area contributed by atoms with Crippen LogP contribution in [0.3, 0.4) is 0 Å². The van der Waals surface area contributed by atoms with E-state index in [4.69, 9.17) is 16.3 Å². The molecule has 2 fully saturated rings. The number of benzene rings is 1. The lowest BCUT2D eigenvalue weighted by molar-refractivity contribution is -0.120. The van der Waals surface area contributed by atoms with Crippen LogP contribution in [-0.2, 0) is 9.53 Å².